The molecule has 0 bridgehead atoms. The molecular formula is C21H17N2S+. The molecule has 6 rings (SSSR count). The van der Waals surface area contributed by atoms with Gasteiger partial charge in [-0.05, 0) is 40.8 Å². The van der Waals surface area contributed by atoms with Gasteiger partial charge in [-0.3, -0.25) is 0 Å². The van der Waals surface area contributed by atoms with Crippen LogP contribution in [0.5, 0.6) is 0 Å². The maximum atomic E-state index is 2.44. The Bertz CT molecular complexity index is 1160. The molecule has 0 radical (unpaired) electrons. The van der Waals surface area contributed by atoms with Crippen molar-refractivity contribution in [3.63, 3.8) is 0 Å². The lowest BCUT2D eigenvalue weighted by Crippen LogP contribution is -2.37. The first-order valence-corrected chi connectivity index (χ1v) is 9.36. The molecule has 3 aliphatic heterocycles. The molecule has 0 amide bonds. The van der Waals surface area contributed by atoms with Gasteiger partial charge < -0.3 is 4.57 Å². The van der Waals surface area contributed by atoms with Crippen LogP contribution in [-0.2, 0) is 0 Å². The number of thioether (sulfide) groups is 1. The fraction of sp³-hybridized carbons (Fsp3) is 0.190. The molecule has 116 valence electrons. The second-order valence-electron chi connectivity index (χ2n) is 6.95. The highest BCUT2D eigenvalue weighted by Gasteiger charge is 2.46. The minimum Gasteiger partial charge on any atom is -0.318 e. The van der Waals surface area contributed by atoms with E-state index in [1.165, 1.54) is 44.2 Å². The van der Waals surface area contributed by atoms with Crippen molar-refractivity contribution >= 4 is 44.8 Å². The van der Waals surface area contributed by atoms with Crippen LogP contribution in [0.1, 0.15) is 11.1 Å². The van der Waals surface area contributed by atoms with Crippen molar-refractivity contribution in [2.45, 2.75) is 12.2 Å². The van der Waals surface area contributed by atoms with Crippen LogP contribution in [0.15, 0.2) is 54.2 Å². The van der Waals surface area contributed by atoms with Crippen molar-refractivity contribution in [2.75, 3.05) is 7.05 Å². The van der Waals surface area contributed by atoms with E-state index in [1.807, 2.05) is 11.8 Å². The van der Waals surface area contributed by atoms with E-state index in [-0.39, 0.29) is 0 Å². The lowest BCUT2D eigenvalue weighted by Gasteiger charge is -2.29. The van der Waals surface area contributed by atoms with E-state index in [0.29, 0.717) is 11.2 Å². The third kappa shape index (κ3) is 1.35. The molecule has 0 saturated heterocycles. The average molecular weight is 329 g/mol. The summed E-state index contributed by atoms with van der Waals surface area (Å²) in [5.41, 5.74) is 7.14. The van der Waals surface area contributed by atoms with Crippen LogP contribution in [0.4, 0.5) is 0 Å². The number of aromatic nitrogens is 1. The number of fused-ring (bicyclic) bond motifs is 4. The third-order valence-electron chi connectivity index (χ3n) is 5.82. The zero-order chi connectivity index (χ0) is 16.0. The van der Waals surface area contributed by atoms with Gasteiger partial charge in [0.15, 0.2) is 6.20 Å². The maximum absolute atomic E-state index is 2.44. The largest absolute Gasteiger partial charge is 0.318 e. The quantitative estimate of drug-likeness (QED) is 0.547. The molecule has 3 heteroatoms. The predicted octanol–water partition coefficient (Wildman–Crippen LogP) is 4.61. The smallest absolute Gasteiger partial charge is 0.201 e. The third-order valence-corrected chi connectivity index (χ3v) is 6.94. The molecule has 1 aromatic heterocycles. The number of nitrogens with zero attached hydrogens (tertiary/aromatic N) is 2. The monoisotopic (exact) mass is 329 g/mol. The Balaban J connectivity index is 1.91. The molecule has 0 spiro atoms. The van der Waals surface area contributed by atoms with E-state index in [2.05, 4.69) is 77.3 Å². The Morgan fingerprint density at radius 3 is 2.79 bits per heavy atom. The predicted molar refractivity (Wildman–Crippen MR) is 103 cm³/mol. The van der Waals surface area contributed by atoms with Crippen molar-refractivity contribution in [2.24, 2.45) is 5.92 Å². The molecule has 2 aromatic carbocycles. The van der Waals surface area contributed by atoms with Crippen LogP contribution < -0.4 is 0 Å². The fourth-order valence-electron chi connectivity index (χ4n) is 4.76. The normalized spacial score (nSPS) is 24.0. The van der Waals surface area contributed by atoms with E-state index >= 15 is 0 Å². The van der Waals surface area contributed by atoms with E-state index in [1.54, 1.807) is 0 Å². The molecule has 2 unspecified atom stereocenters. The Kier molecular flexibility index (Phi) is 2.30. The Labute approximate surface area is 144 Å². The molecular weight excluding hydrogens is 312 g/mol. The number of hydrogen-bond donors (Lipinski definition) is 0. The van der Waals surface area contributed by atoms with Crippen LogP contribution in [0.2, 0.25) is 0 Å². The van der Waals surface area contributed by atoms with Gasteiger partial charge in [0.2, 0.25) is 5.71 Å². The van der Waals surface area contributed by atoms with Gasteiger partial charge in [0.1, 0.15) is 13.0 Å². The van der Waals surface area contributed by atoms with E-state index in [4.69, 9.17) is 0 Å². The van der Waals surface area contributed by atoms with Crippen molar-refractivity contribution < 1.29 is 4.58 Å². The second-order valence-corrected chi connectivity index (χ2v) is 8.00. The molecule has 24 heavy (non-hydrogen) atoms. The van der Waals surface area contributed by atoms with Crippen LogP contribution in [0.25, 0.3) is 27.4 Å². The number of benzene rings is 2. The summed E-state index contributed by atoms with van der Waals surface area (Å²) in [4.78, 5) is 0. The summed E-state index contributed by atoms with van der Waals surface area (Å²) in [5, 5.41) is 7.01. The van der Waals surface area contributed by atoms with Gasteiger partial charge in [-0.1, -0.05) is 24.3 Å². The fourth-order valence-corrected chi connectivity index (χ4v) is 5.91. The van der Waals surface area contributed by atoms with Crippen LogP contribution >= 0.6 is 11.8 Å². The van der Waals surface area contributed by atoms with Crippen LogP contribution in [-0.4, -0.2) is 27.2 Å². The van der Waals surface area contributed by atoms with E-state index in [9.17, 15) is 0 Å². The topological polar surface area (TPSA) is 7.94 Å². The van der Waals surface area contributed by atoms with Gasteiger partial charge >= 0.3 is 0 Å². The summed E-state index contributed by atoms with van der Waals surface area (Å²) in [5.74, 6) is 0.466. The highest BCUT2D eigenvalue weighted by atomic mass is 32.2. The zero-order valence-electron chi connectivity index (χ0n) is 13.7. The zero-order valence-corrected chi connectivity index (χ0v) is 14.5. The minimum atomic E-state index is 0.466. The highest BCUT2D eigenvalue weighted by Crippen LogP contribution is 2.49. The molecule has 0 aliphatic carbocycles. The number of allylic oxidation sites excluding steroid dienone is 1. The van der Waals surface area contributed by atoms with Crippen LogP contribution in [0, 0.1) is 12.8 Å². The molecule has 0 N–H and O–H groups in total. The number of rotatable bonds is 0. The molecule has 2 nitrogen and oxygen atoms in total. The average Bonchev–Trinajstić information content (AvgIpc) is 3.22. The molecule has 2 atom stereocenters. The molecule has 4 heterocycles. The van der Waals surface area contributed by atoms with Gasteiger partial charge in [-0.2, -0.15) is 0 Å². The van der Waals surface area contributed by atoms with Gasteiger partial charge in [-0.15, -0.1) is 11.8 Å². The van der Waals surface area contributed by atoms with Crippen molar-refractivity contribution in [3.05, 3.63) is 65.3 Å². The van der Waals surface area contributed by atoms with Gasteiger partial charge in [-0.25, -0.2) is 4.58 Å². The SMILES string of the molecule is Cc1c2c3c(ccn3C3=CSC4C=C[N+](C)=C2C34)c2ccccc12. The summed E-state index contributed by atoms with van der Waals surface area (Å²) >= 11 is 1.96. The Morgan fingerprint density at radius 1 is 1.08 bits per heavy atom. The van der Waals surface area contributed by atoms with Crippen molar-refractivity contribution in [1.82, 2.24) is 4.57 Å². The summed E-state index contributed by atoms with van der Waals surface area (Å²) in [6.07, 6.45) is 6.87. The summed E-state index contributed by atoms with van der Waals surface area (Å²) in [6.45, 7) is 2.29. The second kappa shape index (κ2) is 4.22. The first-order chi connectivity index (χ1) is 11.8. The van der Waals surface area contributed by atoms with Gasteiger partial charge in [0.25, 0.3) is 0 Å². The van der Waals surface area contributed by atoms with Crippen LogP contribution in [0.3, 0.4) is 0 Å². The standard InChI is InChI=1S/C21H17N2S/c1-12-13-5-3-4-6-14(13)15-7-10-23-16-11-24-17-8-9-22(2)21(19(16)17)18(12)20(15)23/h3-11,17,19H,1-2H3/q+1. The first-order valence-electron chi connectivity index (χ1n) is 8.42. The van der Waals surface area contributed by atoms with Crippen molar-refractivity contribution in [1.29, 1.82) is 0 Å². The van der Waals surface area contributed by atoms with Crippen molar-refractivity contribution in [3.8, 4) is 0 Å². The molecule has 0 fully saturated rings. The van der Waals surface area contributed by atoms with E-state index in [0.717, 1.165) is 0 Å². The molecule has 0 saturated carbocycles. The summed E-state index contributed by atoms with van der Waals surface area (Å²) < 4.78 is 4.78. The minimum absolute atomic E-state index is 0.466. The lowest BCUT2D eigenvalue weighted by atomic mass is 9.82. The highest BCUT2D eigenvalue weighted by molar-refractivity contribution is 8.03. The summed E-state index contributed by atoms with van der Waals surface area (Å²) in [6, 6.07) is 11.1. The molecule has 3 aliphatic rings. The number of aryl methyl sites for hydroxylation is 1. The number of hydrogen-bond acceptors (Lipinski definition) is 1. The Morgan fingerprint density at radius 2 is 1.92 bits per heavy atom. The maximum Gasteiger partial charge on any atom is 0.201 e. The van der Waals surface area contributed by atoms with Gasteiger partial charge in [0, 0.05) is 17.3 Å². The lowest BCUT2D eigenvalue weighted by molar-refractivity contribution is -0.425. The summed E-state index contributed by atoms with van der Waals surface area (Å²) in [7, 11) is 2.20. The van der Waals surface area contributed by atoms with Gasteiger partial charge in [0.05, 0.1) is 16.3 Å². The first kappa shape index (κ1) is 13.1. The Hall–Kier alpha value is -2.26. The van der Waals surface area contributed by atoms with E-state index < -0.39 is 0 Å². The molecule has 3 aromatic rings.